The van der Waals surface area contributed by atoms with Crippen LogP contribution in [0.2, 0.25) is 0 Å². The molecule has 1 aromatic heterocycles. The van der Waals surface area contributed by atoms with Crippen LogP contribution in [0.3, 0.4) is 0 Å². The summed E-state index contributed by atoms with van der Waals surface area (Å²) in [7, 11) is 0. The van der Waals surface area contributed by atoms with Gasteiger partial charge in [-0.05, 0) is 43.9 Å². The summed E-state index contributed by atoms with van der Waals surface area (Å²) < 4.78 is 29.0. The van der Waals surface area contributed by atoms with Crippen molar-refractivity contribution in [3.63, 3.8) is 0 Å². The number of benzene rings is 1. The van der Waals surface area contributed by atoms with E-state index in [2.05, 4.69) is 15.3 Å². The Morgan fingerprint density at radius 1 is 1.00 bits per heavy atom. The van der Waals surface area contributed by atoms with Crippen LogP contribution < -0.4 is 15.1 Å². The molecule has 6 nitrogen and oxygen atoms in total. The number of rotatable bonds is 4. The Morgan fingerprint density at radius 2 is 1.64 bits per heavy atom. The zero-order chi connectivity index (χ0) is 19.5. The summed E-state index contributed by atoms with van der Waals surface area (Å²) in [5.74, 6) is -1.22. The third kappa shape index (κ3) is 3.90. The van der Waals surface area contributed by atoms with E-state index < -0.39 is 11.6 Å². The van der Waals surface area contributed by atoms with Gasteiger partial charge in [0.05, 0.1) is 5.92 Å². The molecule has 1 N–H and O–H groups in total. The molecule has 3 heterocycles. The number of piperidine rings is 1. The Morgan fingerprint density at radius 3 is 2.32 bits per heavy atom. The lowest BCUT2D eigenvalue weighted by atomic mass is 9.97. The van der Waals surface area contributed by atoms with Gasteiger partial charge in [0.2, 0.25) is 11.9 Å². The molecule has 0 radical (unpaired) electrons. The summed E-state index contributed by atoms with van der Waals surface area (Å²) in [6.07, 6.45) is 6.74. The van der Waals surface area contributed by atoms with Gasteiger partial charge < -0.3 is 15.1 Å². The molecule has 0 bridgehead atoms. The molecule has 148 valence electrons. The van der Waals surface area contributed by atoms with Gasteiger partial charge in [-0.2, -0.15) is 0 Å². The first kappa shape index (κ1) is 18.6. The molecule has 1 unspecified atom stereocenters. The smallest absolute Gasteiger partial charge is 0.229 e. The summed E-state index contributed by atoms with van der Waals surface area (Å²) in [6.45, 7) is 2.56. The highest BCUT2D eigenvalue weighted by Crippen LogP contribution is 2.30. The zero-order valence-electron chi connectivity index (χ0n) is 15.6. The van der Waals surface area contributed by atoms with Crippen molar-refractivity contribution in [1.82, 2.24) is 9.97 Å². The molecule has 1 atom stereocenters. The van der Waals surface area contributed by atoms with E-state index in [9.17, 15) is 13.6 Å². The molecule has 28 heavy (non-hydrogen) atoms. The molecular weight excluding hydrogens is 364 g/mol. The zero-order valence-corrected chi connectivity index (χ0v) is 15.6. The molecule has 2 aromatic rings. The summed E-state index contributed by atoms with van der Waals surface area (Å²) >= 11 is 0. The van der Waals surface area contributed by atoms with Crippen LogP contribution in [0.4, 0.5) is 26.1 Å². The van der Waals surface area contributed by atoms with E-state index in [0.717, 1.165) is 25.8 Å². The highest BCUT2D eigenvalue weighted by Gasteiger charge is 2.28. The van der Waals surface area contributed by atoms with Crippen molar-refractivity contribution in [2.24, 2.45) is 5.92 Å². The first-order valence-electron chi connectivity index (χ1n) is 9.68. The summed E-state index contributed by atoms with van der Waals surface area (Å²) in [4.78, 5) is 24.8. The predicted octanol–water partition coefficient (Wildman–Crippen LogP) is 3.21. The van der Waals surface area contributed by atoms with Crippen LogP contribution in [0.15, 0.2) is 30.6 Å². The van der Waals surface area contributed by atoms with E-state index in [0.29, 0.717) is 32.0 Å². The fourth-order valence-corrected chi connectivity index (χ4v) is 3.95. The molecule has 2 aliphatic rings. The Balaban J connectivity index is 1.44. The molecule has 2 saturated heterocycles. The van der Waals surface area contributed by atoms with Gasteiger partial charge in [-0.1, -0.05) is 0 Å². The molecule has 4 rings (SSSR count). The van der Waals surface area contributed by atoms with E-state index in [1.54, 1.807) is 23.4 Å². The van der Waals surface area contributed by atoms with E-state index >= 15 is 0 Å². The van der Waals surface area contributed by atoms with Gasteiger partial charge in [0, 0.05) is 44.3 Å². The fourth-order valence-electron chi connectivity index (χ4n) is 3.95. The van der Waals surface area contributed by atoms with Crippen molar-refractivity contribution >= 4 is 23.2 Å². The van der Waals surface area contributed by atoms with Crippen molar-refractivity contribution in [2.75, 3.05) is 41.3 Å². The average molecular weight is 387 g/mol. The monoisotopic (exact) mass is 387 g/mol. The van der Waals surface area contributed by atoms with Gasteiger partial charge >= 0.3 is 0 Å². The number of hydrogen-bond donors (Lipinski definition) is 1. The second kappa shape index (κ2) is 8.08. The van der Waals surface area contributed by atoms with Gasteiger partial charge in [-0.25, -0.2) is 18.7 Å². The maximum Gasteiger partial charge on any atom is 0.229 e. The molecule has 2 aliphatic heterocycles. The third-order valence-corrected chi connectivity index (χ3v) is 5.33. The first-order valence-corrected chi connectivity index (χ1v) is 9.68. The minimum Gasteiger partial charge on any atom is -0.367 e. The van der Waals surface area contributed by atoms with Gasteiger partial charge in [-0.3, -0.25) is 4.79 Å². The van der Waals surface area contributed by atoms with Gasteiger partial charge in [0.15, 0.2) is 11.6 Å². The second-order valence-corrected chi connectivity index (χ2v) is 7.31. The first-order chi connectivity index (χ1) is 13.6. The highest BCUT2D eigenvalue weighted by atomic mass is 19.1. The van der Waals surface area contributed by atoms with E-state index in [1.807, 2.05) is 4.90 Å². The summed E-state index contributed by atoms with van der Waals surface area (Å²) in [5, 5.41) is 2.68. The number of halogens is 2. The van der Waals surface area contributed by atoms with Gasteiger partial charge in [0.25, 0.3) is 0 Å². The van der Waals surface area contributed by atoms with Crippen molar-refractivity contribution < 1.29 is 13.6 Å². The van der Waals surface area contributed by atoms with Gasteiger partial charge in [0.1, 0.15) is 5.69 Å². The lowest BCUT2D eigenvalue weighted by Gasteiger charge is -2.32. The molecule has 1 amide bonds. The fraction of sp³-hybridized carbons (Fsp3) is 0.450. The number of hydrogen-bond acceptors (Lipinski definition) is 5. The number of carbonyl (C=O) groups excluding carboxylic acids is 1. The lowest BCUT2D eigenvalue weighted by Crippen LogP contribution is -2.41. The van der Waals surface area contributed by atoms with E-state index in [1.165, 1.54) is 12.1 Å². The normalized spacial score (nSPS) is 19.7. The SMILES string of the molecule is O=C(Nc1cc(F)c(N2CCCC2)c(F)c1)C1CCCN(c2ncccn2)C1. The Hall–Kier alpha value is -2.77. The molecule has 0 saturated carbocycles. The van der Waals surface area contributed by atoms with Crippen molar-refractivity contribution in [3.8, 4) is 0 Å². The number of carbonyl (C=O) groups is 1. The summed E-state index contributed by atoms with van der Waals surface area (Å²) in [5.41, 5.74) is 0.150. The number of anilines is 3. The van der Waals surface area contributed by atoms with Crippen molar-refractivity contribution in [3.05, 3.63) is 42.2 Å². The quantitative estimate of drug-likeness (QED) is 0.873. The third-order valence-electron chi connectivity index (χ3n) is 5.33. The summed E-state index contributed by atoms with van der Waals surface area (Å²) in [6, 6.07) is 4.15. The van der Waals surface area contributed by atoms with Crippen LogP contribution >= 0.6 is 0 Å². The van der Waals surface area contributed by atoms with Crippen LogP contribution in [0.1, 0.15) is 25.7 Å². The topological polar surface area (TPSA) is 61.4 Å². The standard InChI is InChI=1S/C20H23F2N5O/c21-16-11-15(12-17(22)18(16)26-8-1-2-9-26)25-19(28)14-5-3-10-27(13-14)20-23-6-4-7-24-20/h4,6-7,11-12,14H,1-3,5,8-10,13H2,(H,25,28). The second-order valence-electron chi connectivity index (χ2n) is 7.31. The molecular formula is C20H23F2N5O. The van der Waals surface area contributed by atoms with Crippen molar-refractivity contribution in [2.45, 2.75) is 25.7 Å². The van der Waals surface area contributed by atoms with Gasteiger partial charge in [-0.15, -0.1) is 0 Å². The van der Waals surface area contributed by atoms with E-state index in [4.69, 9.17) is 0 Å². The van der Waals surface area contributed by atoms with Crippen LogP contribution in [0, 0.1) is 17.6 Å². The molecule has 1 aromatic carbocycles. The maximum absolute atomic E-state index is 14.5. The predicted molar refractivity (Wildman–Crippen MR) is 103 cm³/mol. The molecule has 8 heteroatoms. The highest BCUT2D eigenvalue weighted by molar-refractivity contribution is 5.93. The van der Waals surface area contributed by atoms with Crippen LogP contribution in [0.25, 0.3) is 0 Å². The van der Waals surface area contributed by atoms with Crippen LogP contribution in [-0.2, 0) is 4.79 Å². The Kier molecular flexibility index (Phi) is 5.36. The van der Waals surface area contributed by atoms with Crippen LogP contribution in [0.5, 0.6) is 0 Å². The number of nitrogens with one attached hydrogen (secondary N) is 1. The lowest BCUT2D eigenvalue weighted by molar-refractivity contribution is -0.120. The Labute approximate surface area is 162 Å². The van der Waals surface area contributed by atoms with Crippen LogP contribution in [-0.4, -0.2) is 42.1 Å². The van der Waals surface area contributed by atoms with E-state index in [-0.39, 0.29) is 23.2 Å². The molecule has 2 fully saturated rings. The minimum absolute atomic E-state index is 0.000525. The largest absolute Gasteiger partial charge is 0.367 e. The number of amides is 1. The molecule has 0 aliphatic carbocycles. The molecule has 0 spiro atoms. The average Bonchev–Trinajstić information content (AvgIpc) is 3.22. The minimum atomic E-state index is -0.639. The van der Waals surface area contributed by atoms with Crippen molar-refractivity contribution in [1.29, 1.82) is 0 Å². The Bertz CT molecular complexity index is 819. The maximum atomic E-state index is 14.5. The number of aromatic nitrogens is 2. The number of nitrogens with zero attached hydrogens (tertiary/aromatic N) is 4.